The van der Waals surface area contributed by atoms with Crippen molar-refractivity contribution >= 4 is 11.6 Å². The zero-order valence-electron chi connectivity index (χ0n) is 11.2. The Hall–Kier alpha value is -1.43. The van der Waals surface area contributed by atoms with Gasteiger partial charge in [0.2, 0.25) is 5.89 Å². The Labute approximate surface area is 122 Å². The molecule has 1 fully saturated rings. The van der Waals surface area contributed by atoms with Crippen molar-refractivity contribution in [3.8, 4) is 0 Å². The number of halogens is 1. The van der Waals surface area contributed by atoms with Crippen molar-refractivity contribution in [1.82, 2.24) is 15.5 Å². The third-order valence-electron chi connectivity index (χ3n) is 3.53. The number of aromatic nitrogens is 2. The number of rotatable bonds is 4. The van der Waals surface area contributed by atoms with Gasteiger partial charge in [-0.15, -0.1) is 0 Å². The Bertz CT molecular complexity index is 570. The summed E-state index contributed by atoms with van der Waals surface area (Å²) in [5.41, 5.74) is 1.11. The maximum Gasteiger partial charge on any atom is 0.233 e. The zero-order chi connectivity index (χ0) is 13.9. The van der Waals surface area contributed by atoms with Crippen LogP contribution in [0.4, 0.5) is 0 Å². The normalized spacial score (nSPS) is 22.3. The largest absolute Gasteiger partial charge is 0.379 e. The third kappa shape index (κ3) is 2.85. The van der Waals surface area contributed by atoms with Crippen molar-refractivity contribution in [2.75, 3.05) is 20.3 Å². The Morgan fingerprint density at radius 1 is 1.30 bits per heavy atom. The van der Waals surface area contributed by atoms with Gasteiger partial charge in [0.05, 0.1) is 19.1 Å². The first-order valence-corrected chi connectivity index (χ1v) is 6.96. The van der Waals surface area contributed by atoms with Crippen LogP contribution in [0.25, 0.3) is 0 Å². The van der Waals surface area contributed by atoms with Gasteiger partial charge in [0, 0.05) is 17.5 Å². The van der Waals surface area contributed by atoms with Gasteiger partial charge in [-0.3, -0.25) is 0 Å². The highest BCUT2D eigenvalue weighted by Gasteiger charge is 2.32. The molecular weight excluding hydrogens is 278 g/mol. The number of likely N-dealkylation sites (N-methyl/N-ethyl adjacent to an activating group) is 1. The van der Waals surface area contributed by atoms with Crippen LogP contribution in [0.3, 0.4) is 0 Å². The Kier molecular flexibility index (Phi) is 4.00. The van der Waals surface area contributed by atoms with Crippen molar-refractivity contribution in [3.63, 3.8) is 0 Å². The molecule has 3 rings (SSSR count). The van der Waals surface area contributed by atoms with Crippen LogP contribution in [-0.4, -0.2) is 36.4 Å². The molecule has 0 bridgehead atoms. The maximum atomic E-state index is 5.87. The van der Waals surface area contributed by atoms with Crippen LogP contribution in [0, 0.1) is 0 Å². The van der Waals surface area contributed by atoms with Gasteiger partial charge in [0.25, 0.3) is 0 Å². The molecule has 1 aliphatic heterocycles. The molecule has 1 aromatic carbocycles. The van der Waals surface area contributed by atoms with Crippen LogP contribution in [0.1, 0.15) is 23.2 Å². The lowest BCUT2D eigenvalue weighted by atomic mass is 10.0. The lowest BCUT2D eigenvalue weighted by Gasteiger charge is -2.11. The summed E-state index contributed by atoms with van der Waals surface area (Å²) in [6, 6.07) is 7.89. The summed E-state index contributed by atoms with van der Waals surface area (Å²) in [6.45, 7) is 1.30. The van der Waals surface area contributed by atoms with Crippen LogP contribution in [0.2, 0.25) is 5.02 Å². The summed E-state index contributed by atoms with van der Waals surface area (Å²) in [7, 11) is 1.91. The van der Waals surface area contributed by atoms with Crippen LogP contribution >= 0.6 is 11.6 Å². The SMILES string of the molecule is CNC1COCC1c1nc(Cc2ccc(Cl)cc2)no1. The molecule has 2 atom stereocenters. The standard InChI is InChI=1S/C14H16ClN3O2/c1-16-12-8-19-7-11(12)14-17-13(18-20-14)6-9-2-4-10(15)5-3-9/h2-5,11-12,16H,6-8H2,1H3. The first-order chi connectivity index (χ1) is 9.76. The van der Waals surface area contributed by atoms with E-state index in [-0.39, 0.29) is 12.0 Å². The second kappa shape index (κ2) is 5.91. The highest BCUT2D eigenvalue weighted by Crippen LogP contribution is 2.24. The number of hydrogen-bond acceptors (Lipinski definition) is 5. The topological polar surface area (TPSA) is 60.2 Å². The van der Waals surface area contributed by atoms with Gasteiger partial charge < -0.3 is 14.6 Å². The molecule has 1 N–H and O–H groups in total. The second-order valence-corrected chi connectivity index (χ2v) is 5.33. The van der Waals surface area contributed by atoms with Crippen molar-refractivity contribution < 1.29 is 9.26 Å². The van der Waals surface area contributed by atoms with E-state index in [2.05, 4.69) is 15.5 Å². The van der Waals surface area contributed by atoms with Crippen molar-refractivity contribution in [1.29, 1.82) is 0 Å². The zero-order valence-corrected chi connectivity index (χ0v) is 11.9. The van der Waals surface area contributed by atoms with E-state index in [1.165, 1.54) is 0 Å². The summed E-state index contributed by atoms with van der Waals surface area (Å²) < 4.78 is 10.8. The third-order valence-corrected chi connectivity index (χ3v) is 3.78. The average molecular weight is 294 g/mol. The van der Waals surface area contributed by atoms with Gasteiger partial charge in [-0.2, -0.15) is 4.98 Å². The number of nitrogens with zero attached hydrogens (tertiary/aromatic N) is 2. The van der Waals surface area contributed by atoms with Gasteiger partial charge in [0.15, 0.2) is 5.82 Å². The highest BCUT2D eigenvalue weighted by atomic mass is 35.5. The predicted octanol–water partition coefficient (Wildman–Crippen LogP) is 2.02. The molecule has 1 aliphatic rings. The number of benzene rings is 1. The molecule has 1 saturated heterocycles. The van der Waals surface area contributed by atoms with Gasteiger partial charge in [-0.1, -0.05) is 28.9 Å². The fourth-order valence-electron chi connectivity index (χ4n) is 2.36. The minimum Gasteiger partial charge on any atom is -0.379 e. The molecule has 0 amide bonds. The Balaban J connectivity index is 1.72. The lowest BCUT2D eigenvalue weighted by Crippen LogP contribution is -2.31. The Morgan fingerprint density at radius 3 is 2.85 bits per heavy atom. The Morgan fingerprint density at radius 2 is 2.10 bits per heavy atom. The molecule has 0 spiro atoms. The molecular formula is C14H16ClN3O2. The van der Waals surface area contributed by atoms with Crippen LogP contribution in [0.5, 0.6) is 0 Å². The molecule has 106 valence electrons. The van der Waals surface area contributed by atoms with Crippen molar-refractivity contribution in [2.24, 2.45) is 0 Å². The van der Waals surface area contributed by atoms with Gasteiger partial charge in [0.1, 0.15) is 0 Å². The van der Waals surface area contributed by atoms with Gasteiger partial charge in [-0.05, 0) is 24.7 Å². The first kappa shape index (κ1) is 13.5. The molecule has 1 aromatic heterocycles. The van der Waals surface area contributed by atoms with Crippen molar-refractivity contribution in [3.05, 3.63) is 46.6 Å². The van der Waals surface area contributed by atoms with Crippen LogP contribution in [-0.2, 0) is 11.2 Å². The molecule has 2 aromatic rings. The smallest absolute Gasteiger partial charge is 0.233 e. The fraction of sp³-hybridized carbons (Fsp3) is 0.429. The van der Waals surface area contributed by atoms with Crippen LogP contribution < -0.4 is 5.32 Å². The maximum absolute atomic E-state index is 5.87. The minimum atomic E-state index is 0.131. The van der Waals surface area contributed by atoms with Gasteiger partial charge in [-0.25, -0.2) is 0 Å². The van der Waals surface area contributed by atoms with E-state index in [9.17, 15) is 0 Å². The van der Waals surface area contributed by atoms with E-state index < -0.39 is 0 Å². The van der Waals surface area contributed by atoms with Gasteiger partial charge >= 0.3 is 0 Å². The van der Waals surface area contributed by atoms with Crippen LogP contribution in [0.15, 0.2) is 28.8 Å². The summed E-state index contributed by atoms with van der Waals surface area (Å²) in [5.74, 6) is 1.46. The molecule has 0 saturated carbocycles. The van der Waals surface area contributed by atoms with E-state index in [1.54, 1.807) is 0 Å². The van der Waals surface area contributed by atoms with E-state index in [1.807, 2.05) is 31.3 Å². The molecule has 5 nitrogen and oxygen atoms in total. The quantitative estimate of drug-likeness (QED) is 0.934. The molecule has 2 unspecified atom stereocenters. The highest BCUT2D eigenvalue weighted by molar-refractivity contribution is 6.30. The molecule has 20 heavy (non-hydrogen) atoms. The van der Waals surface area contributed by atoms with E-state index in [0.29, 0.717) is 31.3 Å². The average Bonchev–Trinajstić information content (AvgIpc) is 3.09. The van der Waals surface area contributed by atoms with E-state index >= 15 is 0 Å². The number of ether oxygens (including phenoxy) is 1. The molecule has 2 heterocycles. The monoisotopic (exact) mass is 293 g/mol. The first-order valence-electron chi connectivity index (χ1n) is 6.58. The lowest BCUT2D eigenvalue weighted by molar-refractivity contribution is 0.185. The summed E-state index contributed by atoms with van der Waals surface area (Å²) in [5, 5.41) is 7.98. The molecule has 0 radical (unpaired) electrons. The predicted molar refractivity (Wildman–Crippen MR) is 75.0 cm³/mol. The van der Waals surface area contributed by atoms with Crippen molar-refractivity contribution in [2.45, 2.75) is 18.4 Å². The van der Waals surface area contributed by atoms with E-state index in [0.717, 1.165) is 10.6 Å². The second-order valence-electron chi connectivity index (χ2n) is 4.89. The molecule has 6 heteroatoms. The summed E-state index contributed by atoms with van der Waals surface area (Å²) in [4.78, 5) is 4.48. The number of nitrogens with one attached hydrogen (secondary N) is 1. The summed E-state index contributed by atoms with van der Waals surface area (Å²) >= 11 is 5.87. The summed E-state index contributed by atoms with van der Waals surface area (Å²) in [6.07, 6.45) is 0.637. The fourth-order valence-corrected chi connectivity index (χ4v) is 2.48. The van der Waals surface area contributed by atoms with E-state index in [4.69, 9.17) is 20.9 Å². The number of hydrogen-bond donors (Lipinski definition) is 1. The minimum absolute atomic E-state index is 0.131. The molecule has 0 aliphatic carbocycles.